The van der Waals surface area contributed by atoms with E-state index in [4.69, 9.17) is 0 Å². The van der Waals surface area contributed by atoms with Crippen LogP contribution in [0, 0.1) is 10.1 Å². The van der Waals surface area contributed by atoms with Gasteiger partial charge < -0.3 is 4.90 Å². The maximum Gasteiger partial charge on any atom is 0.278 e. The standard InChI is InChI=1S/C11H10BrN3O2/c1-14(2)11-7-4-3-5-9(15(16)17)10(7)8(12)6-13-11/h3-6H,1-2H3. The summed E-state index contributed by atoms with van der Waals surface area (Å²) in [5.41, 5.74) is 0.0832. The quantitative estimate of drug-likeness (QED) is 0.631. The number of benzene rings is 1. The third kappa shape index (κ3) is 1.95. The second-order valence-corrected chi connectivity index (χ2v) is 4.64. The minimum absolute atomic E-state index is 0.0832. The summed E-state index contributed by atoms with van der Waals surface area (Å²) < 4.78 is 0.630. The molecule has 0 aliphatic carbocycles. The molecule has 0 fully saturated rings. The van der Waals surface area contributed by atoms with Crippen LogP contribution in [0.2, 0.25) is 0 Å². The average Bonchev–Trinajstić information content (AvgIpc) is 2.28. The highest BCUT2D eigenvalue weighted by Gasteiger charge is 2.17. The van der Waals surface area contributed by atoms with Crippen LogP contribution in [0.3, 0.4) is 0 Å². The number of pyridine rings is 1. The summed E-state index contributed by atoms with van der Waals surface area (Å²) in [6.07, 6.45) is 1.59. The first-order chi connectivity index (χ1) is 8.02. The lowest BCUT2D eigenvalue weighted by molar-refractivity contribution is -0.383. The first kappa shape index (κ1) is 11.8. The SMILES string of the molecule is CN(C)c1ncc(Br)c2c([N+](=O)[O-])cccc12. The van der Waals surface area contributed by atoms with Crippen molar-refractivity contribution in [3.8, 4) is 0 Å². The molecular weight excluding hydrogens is 286 g/mol. The van der Waals surface area contributed by atoms with E-state index >= 15 is 0 Å². The van der Waals surface area contributed by atoms with E-state index in [2.05, 4.69) is 20.9 Å². The van der Waals surface area contributed by atoms with E-state index in [0.29, 0.717) is 15.7 Å². The van der Waals surface area contributed by atoms with Gasteiger partial charge in [0.05, 0.1) is 14.8 Å². The van der Waals surface area contributed by atoms with Gasteiger partial charge in [0.1, 0.15) is 5.82 Å². The average molecular weight is 296 g/mol. The molecule has 0 radical (unpaired) electrons. The van der Waals surface area contributed by atoms with Gasteiger partial charge in [0.2, 0.25) is 0 Å². The lowest BCUT2D eigenvalue weighted by Gasteiger charge is -2.14. The molecule has 0 spiro atoms. The number of nitrogens with zero attached hydrogens (tertiary/aromatic N) is 3. The van der Waals surface area contributed by atoms with Gasteiger partial charge in [-0.15, -0.1) is 0 Å². The van der Waals surface area contributed by atoms with Crippen molar-refractivity contribution in [3.63, 3.8) is 0 Å². The van der Waals surface area contributed by atoms with Crippen LogP contribution in [0.1, 0.15) is 0 Å². The second-order valence-electron chi connectivity index (χ2n) is 3.78. The summed E-state index contributed by atoms with van der Waals surface area (Å²) in [4.78, 5) is 16.7. The molecule has 0 saturated heterocycles. The van der Waals surface area contributed by atoms with E-state index in [1.165, 1.54) is 6.07 Å². The molecule has 1 heterocycles. The Morgan fingerprint density at radius 2 is 2.12 bits per heavy atom. The van der Waals surface area contributed by atoms with Crippen LogP contribution in [0.15, 0.2) is 28.9 Å². The lowest BCUT2D eigenvalue weighted by atomic mass is 10.1. The highest BCUT2D eigenvalue weighted by molar-refractivity contribution is 9.10. The number of nitro benzene ring substituents is 1. The number of rotatable bonds is 2. The fourth-order valence-corrected chi connectivity index (χ4v) is 2.26. The third-order valence-corrected chi connectivity index (χ3v) is 3.04. The smallest absolute Gasteiger partial charge is 0.278 e. The van der Waals surface area contributed by atoms with Crippen LogP contribution >= 0.6 is 15.9 Å². The Kier molecular flexibility index (Phi) is 2.97. The molecule has 6 heteroatoms. The third-order valence-electron chi connectivity index (χ3n) is 2.44. The Labute approximate surface area is 106 Å². The van der Waals surface area contributed by atoms with E-state index in [1.54, 1.807) is 12.3 Å². The molecule has 0 unspecified atom stereocenters. The van der Waals surface area contributed by atoms with Gasteiger partial charge >= 0.3 is 0 Å². The summed E-state index contributed by atoms with van der Waals surface area (Å²) in [5, 5.41) is 12.3. The molecule has 2 rings (SSSR count). The molecule has 0 aliphatic rings. The molecule has 0 saturated carbocycles. The van der Waals surface area contributed by atoms with Crippen LogP contribution in [-0.2, 0) is 0 Å². The molecular formula is C11H10BrN3O2. The Hall–Kier alpha value is -1.69. The molecule has 0 amide bonds. The molecule has 17 heavy (non-hydrogen) atoms. The molecule has 1 aromatic carbocycles. The van der Waals surface area contributed by atoms with Crippen LogP contribution < -0.4 is 4.90 Å². The minimum atomic E-state index is -0.382. The number of anilines is 1. The molecule has 2 aromatic rings. The van der Waals surface area contributed by atoms with Gasteiger partial charge in [0.25, 0.3) is 5.69 Å². The fraction of sp³-hybridized carbons (Fsp3) is 0.182. The van der Waals surface area contributed by atoms with Gasteiger partial charge in [-0.2, -0.15) is 0 Å². The van der Waals surface area contributed by atoms with Crippen LogP contribution in [0.4, 0.5) is 11.5 Å². The summed E-state index contributed by atoms with van der Waals surface area (Å²) in [6.45, 7) is 0. The zero-order chi connectivity index (χ0) is 12.6. The Bertz CT molecular complexity index is 599. The number of non-ortho nitro benzene ring substituents is 1. The second kappa shape index (κ2) is 4.29. The molecule has 0 bridgehead atoms. The zero-order valence-corrected chi connectivity index (χ0v) is 10.9. The maximum atomic E-state index is 11.0. The van der Waals surface area contributed by atoms with Crippen LogP contribution in [0.25, 0.3) is 10.8 Å². The van der Waals surface area contributed by atoms with Crippen molar-refractivity contribution in [2.24, 2.45) is 0 Å². The van der Waals surface area contributed by atoms with Crippen molar-refractivity contribution < 1.29 is 4.92 Å². The summed E-state index contributed by atoms with van der Waals surface area (Å²) in [7, 11) is 3.71. The molecule has 1 aromatic heterocycles. The summed E-state index contributed by atoms with van der Waals surface area (Å²) in [5.74, 6) is 0.715. The summed E-state index contributed by atoms with van der Waals surface area (Å²) in [6, 6.07) is 4.99. The predicted molar refractivity (Wildman–Crippen MR) is 70.4 cm³/mol. The molecule has 0 aliphatic heterocycles. The van der Waals surface area contributed by atoms with Gasteiger partial charge in [-0.1, -0.05) is 12.1 Å². The van der Waals surface area contributed by atoms with Crippen molar-refractivity contribution in [1.29, 1.82) is 0 Å². The van der Waals surface area contributed by atoms with Crippen molar-refractivity contribution in [3.05, 3.63) is 39.0 Å². The zero-order valence-electron chi connectivity index (χ0n) is 9.35. The first-order valence-electron chi connectivity index (χ1n) is 4.91. The van der Waals surface area contributed by atoms with Crippen LogP contribution in [0.5, 0.6) is 0 Å². The number of aromatic nitrogens is 1. The Morgan fingerprint density at radius 1 is 1.41 bits per heavy atom. The molecule has 0 atom stereocenters. The van der Waals surface area contributed by atoms with Crippen LogP contribution in [-0.4, -0.2) is 24.0 Å². The van der Waals surface area contributed by atoms with Crippen molar-refractivity contribution in [2.45, 2.75) is 0 Å². The number of hydrogen-bond acceptors (Lipinski definition) is 4. The van der Waals surface area contributed by atoms with E-state index < -0.39 is 0 Å². The number of hydrogen-bond donors (Lipinski definition) is 0. The van der Waals surface area contributed by atoms with Gasteiger partial charge in [0.15, 0.2) is 0 Å². The number of nitro groups is 1. The Balaban J connectivity index is 2.90. The van der Waals surface area contributed by atoms with E-state index in [0.717, 1.165) is 5.39 Å². The van der Waals surface area contributed by atoms with Crippen molar-refractivity contribution in [1.82, 2.24) is 4.98 Å². The van der Waals surface area contributed by atoms with Gasteiger partial charge in [-0.25, -0.2) is 4.98 Å². The summed E-state index contributed by atoms with van der Waals surface area (Å²) >= 11 is 3.31. The highest BCUT2D eigenvalue weighted by atomic mass is 79.9. The fourth-order valence-electron chi connectivity index (χ4n) is 1.74. The molecule has 0 N–H and O–H groups in total. The maximum absolute atomic E-state index is 11.0. The highest BCUT2D eigenvalue weighted by Crippen LogP contribution is 2.35. The first-order valence-corrected chi connectivity index (χ1v) is 5.70. The van der Waals surface area contributed by atoms with E-state index in [1.807, 2.05) is 25.1 Å². The van der Waals surface area contributed by atoms with Crippen molar-refractivity contribution >= 4 is 38.2 Å². The number of fused-ring (bicyclic) bond motifs is 1. The van der Waals surface area contributed by atoms with Gasteiger partial charge in [-0.05, 0) is 15.9 Å². The van der Waals surface area contributed by atoms with Gasteiger partial charge in [0, 0.05) is 31.7 Å². The Morgan fingerprint density at radius 3 is 2.71 bits per heavy atom. The van der Waals surface area contributed by atoms with Gasteiger partial charge in [-0.3, -0.25) is 10.1 Å². The predicted octanol–water partition coefficient (Wildman–Crippen LogP) is 2.97. The molecule has 5 nitrogen and oxygen atoms in total. The molecule has 88 valence electrons. The van der Waals surface area contributed by atoms with E-state index in [9.17, 15) is 10.1 Å². The van der Waals surface area contributed by atoms with Crippen molar-refractivity contribution in [2.75, 3.05) is 19.0 Å². The number of halogens is 1. The topological polar surface area (TPSA) is 59.3 Å². The van der Waals surface area contributed by atoms with E-state index in [-0.39, 0.29) is 10.6 Å². The lowest BCUT2D eigenvalue weighted by Crippen LogP contribution is -2.11. The minimum Gasteiger partial charge on any atom is -0.362 e. The normalized spacial score (nSPS) is 10.5. The monoisotopic (exact) mass is 295 g/mol. The largest absolute Gasteiger partial charge is 0.362 e.